The van der Waals surface area contributed by atoms with Gasteiger partial charge in [-0.2, -0.15) is 0 Å². The molecule has 0 radical (unpaired) electrons. The smallest absolute Gasteiger partial charge is 0.240 e. The van der Waals surface area contributed by atoms with Gasteiger partial charge in [-0.15, -0.1) is 0 Å². The van der Waals surface area contributed by atoms with Crippen LogP contribution in [0.5, 0.6) is 0 Å². The fourth-order valence-corrected chi connectivity index (χ4v) is 3.84. The first-order valence-electron chi connectivity index (χ1n) is 10.4. The molecule has 1 heterocycles. The van der Waals surface area contributed by atoms with E-state index in [0.29, 0.717) is 19.4 Å². The van der Waals surface area contributed by atoms with Gasteiger partial charge in [0.15, 0.2) is 0 Å². The number of benzene rings is 1. The van der Waals surface area contributed by atoms with E-state index in [1.54, 1.807) is 0 Å². The Hall–Kier alpha value is -1.55. The van der Waals surface area contributed by atoms with Crippen LogP contribution in [0.3, 0.4) is 0 Å². The van der Waals surface area contributed by atoms with E-state index in [1.165, 1.54) is 56.9 Å². The van der Waals surface area contributed by atoms with Crippen molar-refractivity contribution < 1.29 is 9.90 Å². The lowest BCUT2D eigenvalue weighted by Crippen LogP contribution is -2.51. The van der Waals surface area contributed by atoms with Crippen LogP contribution in [0.1, 0.15) is 76.7 Å². The monoisotopic (exact) mass is 360 g/mol. The largest absolute Gasteiger partial charge is 0.393 e. The van der Waals surface area contributed by atoms with Gasteiger partial charge in [0, 0.05) is 18.7 Å². The van der Waals surface area contributed by atoms with Crippen molar-refractivity contribution in [3.05, 3.63) is 29.8 Å². The molecule has 1 amide bonds. The number of piperidine rings is 1. The summed E-state index contributed by atoms with van der Waals surface area (Å²) >= 11 is 0. The van der Waals surface area contributed by atoms with Gasteiger partial charge >= 0.3 is 0 Å². The van der Waals surface area contributed by atoms with E-state index in [1.807, 2.05) is 4.90 Å². The van der Waals surface area contributed by atoms with Crippen LogP contribution in [-0.2, 0) is 11.2 Å². The molecule has 3 N–H and O–H groups in total. The average molecular weight is 361 g/mol. The molecule has 4 heteroatoms. The number of rotatable bonds is 11. The normalized spacial score (nSPS) is 20.3. The number of anilines is 1. The summed E-state index contributed by atoms with van der Waals surface area (Å²) in [5, 5.41) is 9.80. The molecular formula is C22H36N2O2. The summed E-state index contributed by atoms with van der Waals surface area (Å²) in [5.74, 6) is -0.355. The first kappa shape index (κ1) is 20.8. The van der Waals surface area contributed by atoms with Crippen molar-refractivity contribution in [2.24, 2.45) is 5.73 Å². The highest BCUT2D eigenvalue weighted by atomic mass is 16.3. The van der Waals surface area contributed by atoms with Crippen LogP contribution >= 0.6 is 0 Å². The van der Waals surface area contributed by atoms with Crippen molar-refractivity contribution >= 4 is 11.6 Å². The van der Waals surface area contributed by atoms with Gasteiger partial charge in [-0.3, -0.25) is 4.79 Å². The summed E-state index contributed by atoms with van der Waals surface area (Å²) in [7, 11) is 0. The van der Waals surface area contributed by atoms with Crippen LogP contribution < -0.4 is 10.6 Å². The number of carbonyl (C=O) groups is 1. The van der Waals surface area contributed by atoms with Crippen molar-refractivity contribution in [1.82, 2.24) is 0 Å². The first-order valence-corrected chi connectivity index (χ1v) is 10.4. The molecule has 2 unspecified atom stereocenters. The van der Waals surface area contributed by atoms with Crippen LogP contribution in [0, 0.1) is 0 Å². The molecule has 1 aliphatic rings. The van der Waals surface area contributed by atoms with E-state index in [-0.39, 0.29) is 5.91 Å². The topological polar surface area (TPSA) is 66.6 Å². The van der Waals surface area contributed by atoms with Crippen molar-refractivity contribution in [3.63, 3.8) is 0 Å². The highest BCUT2D eigenvalue weighted by Crippen LogP contribution is 2.25. The number of aliphatic hydroxyl groups is 1. The molecule has 0 bridgehead atoms. The zero-order chi connectivity index (χ0) is 18.8. The molecule has 0 aromatic heterocycles. The molecule has 1 aromatic carbocycles. The Morgan fingerprint density at radius 3 is 2.31 bits per heavy atom. The SMILES string of the molecule is CCCCCCCCCCc1ccc(N2CCC(O)CC2C(N)=O)cc1. The molecule has 0 spiro atoms. The van der Waals surface area contributed by atoms with Crippen LogP contribution in [0.15, 0.2) is 24.3 Å². The number of primary amides is 1. The van der Waals surface area contributed by atoms with Gasteiger partial charge in [-0.1, -0.05) is 64.0 Å². The fraction of sp³-hybridized carbons (Fsp3) is 0.682. The van der Waals surface area contributed by atoms with E-state index in [2.05, 4.69) is 31.2 Å². The Labute approximate surface area is 158 Å². The summed E-state index contributed by atoms with van der Waals surface area (Å²) in [6, 6.07) is 8.11. The molecule has 2 atom stereocenters. The minimum atomic E-state index is -0.426. The van der Waals surface area contributed by atoms with Crippen molar-refractivity contribution in [2.45, 2.75) is 89.7 Å². The third-order valence-corrected chi connectivity index (χ3v) is 5.49. The molecule has 2 rings (SSSR count). The van der Waals surface area contributed by atoms with E-state index in [4.69, 9.17) is 5.73 Å². The molecule has 4 nitrogen and oxygen atoms in total. The number of hydrogen-bond donors (Lipinski definition) is 2. The lowest BCUT2D eigenvalue weighted by molar-refractivity contribution is -0.120. The summed E-state index contributed by atoms with van der Waals surface area (Å²) in [6.07, 6.45) is 12.5. The number of aryl methyl sites for hydroxylation is 1. The van der Waals surface area contributed by atoms with Gasteiger partial charge < -0.3 is 15.7 Å². The van der Waals surface area contributed by atoms with Gasteiger partial charge in [0.05, 0.1) is 6.10 Å². The van der Waals surface area contributed by atoms with E-state index in [0.717, 1.165) is 12.1 Å². The fourth-order valence-electron chi connectivity index (χ4n) is 3.84. The number of aliphatic hydroxyl groups excluding tert-OH is 1. The minimum Gasteiger partial charge on any atom is -0.393 e. The molecule has 146 valence electrons. The van der Waals surface area contributed by atoms with Crippen LogP contribution in [0.25, 0.3) is 0 Å². The zero-order valence-electron chi connectivity index (χ0n) is 16.3. The number of carbonyl (C=O) groups excluding carboxylic acids is 1. The number of nitrogens with zero attached hydrogens (tertiary/aromatic N) is 1. The molecule has 1 aliphatic heterocycles. The highest BCUT2D eigenvalue weighted by Gasteiger charge is 2.31. The first-order chi connectivity index (χ1) is 12.6. The number of unbranched alkanes of at least 4 members (excludes halogenated alkanes) is 7. The van der Waals surface area contributed by atoms with Gasteiger partial charge in [0.2, 0.25) is 5.91 Å². The standard InChI is InChI=1S/C22H36N2O2/c1-2-3-4-5-6-7-8-9-10-18-11-13-19(14-12-18)24-16-15-20(25)17-21(24)22(23)26/h11-14,20-21,25H,2-10,15-17H2,1H3,(H2,23,26). The van der Waals surface area contributed by atoms with Crippen LogP contribution in [0.4, 0.5) is 5.69 Å². The maximum absolute atomic E-state index is 11.7. The van der Waals surface area contributed by atoms with Crippen LogP contribution in [-0.4, -0.2) is 29.7 Å². The molecule has 1 aromatic rings. The zero-order valence-corrected chi connectivity index (χ0v) is 16.3. The molecule has 0 aliphatic carbocycles. The lowest BCUT2D eigenvalue weighted by Gasteiger charge is -2.37. The number of amides is 1. The predicted octanol–water partition coefficient (Wildman–Crippen LogP) is 4.18. The van der Waals surface area contributed by atoms with E-state index < -0.39 is 12.1 Å². The second-order valence-corrected chi connectivity index (χ2v) is 7.68. The molecule has 26 heavy (non-hydrogen) atoms. The Balaban J connectivity index is 1.74. The number of nitrogens with two attached hydrogens (primary N) is 1. The maximum Gasteiger partial charge on any atom is 0.240 e. The van der Waals surface area contributed by atoms with Crippen molar-refractivity contribution in [2.75, 3.05) is 11.4 Å². The van der Waals surface area contributed by atoms with E-state index >= 15 is 0 Å². The van der Waals surface area contributed by atoms with Gasteiger partial charge in [-0.25, -0.2) is 0 Å². The van der Waals surface area contributed by atoms with Gasteiger partial charge in [-0.05, 0) is 37.0 Å². The van der Waals surface area contributed by atoms with Gasteiger partial charge in [0.1, 0.15) is 6.04 Å². The van der Waals surface area contributed by atoms with Gasteiger partial charge in [0.25, 0.3) is 0 Å². The predicted molar refractivity (Wildman–Crippen MR) is 108 cm³/mol. The van der Waals surface area contributed by atoms with Crippen molar-refractivity contribution in [3.8, 4) is 0 Å². The third kappa shape index (κ3) is 6.64. The molecular weight excluding hydrogens is 324 g/mol. The highest BCUT2D eigenvalue weighted by molar-refractivity contribution is 5.84. The Bertz CT molecular complexity index is 529. The Kier molecular flexibility index (Phi) is 8.96. The third-order valence-electron chi connectivity index (χ3n) is 5.49. The van der Waals surface area contributed by atoms with Crippen molar-refractivity contribution in [1.29, 1.82) is 0 Å². The summed E-state index contributed by atoms with van der Waals surface area (Å²) in [6.45, 7) is 2.93. The maximum atomic E-state index is 11.7. The molecule has 0 saturated carbocycles. The average Bonchev–Trinajstić information content (AvgIpc) is 2.64. The summed E-state index contributed by atoms with van der Waals surface area (Å²) in [4.78, 5) is 13.7. The second-order valence-electron chi connectivity index (χ2n) is 7.68. The molecule has 1 saturated heterocycles. The Morgan fingerprint density at radius 2 is 1.69 bits per heavy atom. The van der Waals surface area contributed by atoms with Crippen LogP contribution in [0.2, 0.25) is 0 Å². The quantitative estimate of drug-likeness (QED) is 0.582. The molecule has 1 fully saturated rings. The minimum absolute atomic E-state index is 0.355. The lowest BCUT2D eigenvalue weighted by atomic mass is 9.97. The number of hydrogen-bond acceptors (Lipinski definition) is 3. The Morgan fingerprint density at radius 1 is 1.08 bits per heavy atom. The summed E-state index contributed by atoms with van der Waals surface area (Å²) < 4.78 is 0. The van der Waals surface area contributed by atoms with E-state index in [9.17, 15) is 9.90 Å². The second kappa shape index (κ2) is 11.2. The summed E-state index contributed by atoms with van der Waals surface area (Å²) in [5.41, 5.74) is 7.91.